The van der Waals surface area contributed by atoms with E-state index in [1.54, 1.807) is 42.5 Å². The van der Waals surface area contributed by atoms with Gasteiger partial charge in [0.05, 0.1) is 35.1 Å². The Kier molecular flexibility index (Phi) is 12.0. The van der Waals surface area contributed by atoms with Crippen molar-refractivity contribution in [3.63, 3.8) is 0 Å². The molecule has 1 amide bonds. The third kappa shape index (κ3) is 8.66. The molecule has 0 bridgehead atoms. The van der Waals surface area contributed by atoms with Crippen molar-refractivity contribution < 1.29 is 27.5 Å². The molecule has 1 N–H and O–H groups in total. The summed E-state index contributed by atoms with van der Waals surface area (Å²) in [5.74, 6) is 1.27. The number of benzene rings is 2. The molecule has 2 aromatic carbocycles. The molecule has 2 heterocycles. The topological polar surface area (TPSA) is 133 Å². The molecular formula is C35H47N5O6S2. The molecule has 0 radical (unpaired) electrons. The fourth-order valence-electron chi connectivity index (χ4n) is 6.41. The van der Waals surface area contributed by atoms with Crippen LogP contribution in [-0.4, -0.2) is 77.5 Å². The molecule has 5 rings (SSSR count). The Morgan fingerprint density at radius 2 is 1.79 bits per heavy atom. The number of aromatic nitrogens is 3. The van der Waals surface area contributed by atoms with Gasteiger partial charge in [0, 0.05) is 25.2 Å². The smallest absolute Gasteiger partial charge is 0.340 e. The molecule has 1 aliphatic heterocycles. The Morgan fingerprint density at radius 1 is 1.04 bits per heavy atom. The van der Waals surface area contributed by atoms with Crippen LogP contribution in [0.3, 0.4) is 0 Å². The number of rotatable bonds is 12. The minimum atomic E-state index is -3.70. The van der Waals surface area contributed by atoms with Crippen LogP contribution in [0.15, 0.2) is 58.6 Å². The normalized spacial score (nSPS) is 20.6. The van der Waals surface area contributed by atoms with Crippen molar-refractivity contribution in [2.45, 2.75) is 76.6 Å². The molecule has 2 aliphatic rings. The first-order chi connectivity index (χ1) is 22.9. The lowest BCUT2D eigenvalue weighted by Crippen LogP contribution is -2.40. The van der Waals surface area contributed by atoms with E-state index in [2.05, 4.69) is 50.1 Å². The average molecular weight is 698 g/mol. The number of amides is 1. The number of para-hydroxylation sites is 1. The molecule has 48 heavy (non-hydrogen) atoms. The minimum Gasteiger partial charge on any atom is -0.458 e. The maximum absolute atomic E-state index is 13.4. The van der Waals surface area contributed by atoms with Crippen molar-refractivity contribution >= 4 is 39.3 Å². The number of hydrogen-bond donors (Lipinski definition) is 1. The maximum atomic E-state index is 13.4. The summed E-state index contributed by atoms with van der Waals surface area (Å²) in [6.07, 6.45) is 2.86. The summed E-state index contributed by atoms with van der Waals surface area (Å²) >= 11 is 1.23. The first-order valence-electron chi connectivity index (χ1n) is 16.8. The van der Waals surface area contributed by atoms with Crippen LogP contribution in [0.2, 0.25) is 0 Å². The lowest BCUT2D eigenvalue weighted by Gasteiger charge is -2.36. The molecule has 0 spiro atoms. The van der Waals surface area contributed by atoms with Crippen LogP contribution in [0.5, 0.6) is 0 Å². The lowest BCUT2D eigenvalue weighted by atomic mass is 9.75. The number of morpholine rings is 1. The van der Waals surface area contributed by atoms with E-state index in [0.29, 0.717) is 78.4 Å². The van der Waals surface area contributed by atoms with Crippen molar-refractivity contribution in [2.75, 3.05) is 37.4 Å². The SMILES string of the molecule is CC(C)Cn1c(SCC(=O)Nc2ccccc2C(=O)O[C@H]2C[C@H](C)CC[C@@H]2C(C)C)nnc1-c1cccc(S(=O)(=O)N2CCOCC2)c1. The van der Waals surface area contributed by atoms with Crippen molar-refractivity contribution in [3.8, 4) is 11.4 Å². The zero-order chi connectivity index (χ0) is 34.4. The van der Waals surface area contributed by atoms with Gasteiger partial charge < -0.3 is 19.4 Å². The van der Waals surface area contributed by atoms with Gasteiger partial charge in [-0.05, 0) is 60.8 Å². The summed E-state index contributed by atoms with van der Waals surface area (Å²) in [6, 6.07) is 13.7. The van der Waals surface area contributed by atoms with Crippen LogP contribution in [0, 0.1) is 23.7 Å². The van der Waals surface area contributed by atoms with Gasteiger partial charge in [-0.2, -0.15) is 4.31 Å². The fourth-order valence-corrected chi connectivity index (χ4v) is 8.61. The number of ether oxygens (including phenoxy) is 2. The number of nitrogens with one attached hydrogen (secondary N) is 1. The second-order valence-electron chi connectivity index (χ2n) is 13.5. The number of hydrogen-bond acceptors (Lipinski definition) is 9. The number of carbonyl (C=O) groups is 2. The average Bonchev–Trinajstić information content (AvgIpc) is 3.45. The Balaban J connectivity index is 1.29. The summed E-state index contributed by atoms with van der Waals surface area (Å²) in [7, 11) is -3.70. The van der Waals surface area contributed by atoms with Gasteiger partial charge in [-0.3, -0.25) is 4.79 Å². The van der Waals surface area contributed by atoms with E-state index < -0.39 is 16.0 Å². The van der Waals surface area contributed by atoms with E-state index >= 15 is 0 Å². The molecule has 1 aliphatic carbocycles. The monoisotopic (exact) mass is 697 g/mol. The Labute approximate surface area is 288 Å². The first kappa shape index (κ1) is 36.0. The molecule has 3 aromatic rings. The van der Waals surface area contributed by atoms with Crippen LogP contribution >= 0.6 is 11.8 Å². The van der Waals surface area contributed by atoms with Gasteiger partial charge in [-0.15, -0.1) is 10.2 Å². The van der Waals surface area contributed by atoms with E-state index in [-0.39, 0.29) is 28.6 Å². The zero-order valence-corrected chi connectivity index (χ0v) is 30.1. The summed E-state index contributed by atoms with van der Waals surface area (Å²) in [5.41, 5.74) is 1.35. The van der Waals surface area contributed by atoms with Crippen LogP contribution < -0.4 is 5.32 Å². The number of sulfonamides is 1. The first-order valence-corrected chi connectivity index (χ1v) is 19.2. The third-order valence-corrected chi connectivity index (χ3v) is 11.8. The van der Waals surface area contributed by atoms with Crippen LogP contribution in [0.4, 0.5) is 5.69 Å². The number of esters is 1. The molecule has 0 unspecified atom stereocenters. The Bertz CT molecular complexity index is 1690. The number of carbonyl (C=O) groups excluding carboxylic acids is 2. The van der Waals surface area contributed by atoms with Gasteiger partial charge in [-0.1, -0.05) is 77.1 Å². The largest absolute Gasteiger partial charge is 0.458 e. The predicted octanol–water partition coefficient (Wildman–Crippen LogP) is 5.97. The highest BCUT2D eigenvalue weighted by Crippen LogP contribution is 2.36. The summed E-state index contributed by atoms with van der Waals surface area (Å²) in [5, 5.41) is 12.2. The highest BCUT2D eigenvalue weighted by Gasteiger charge is 2.34. The quantitative estimate of drug-likeness (QED) is 0.180. The highest BCUT2D eigenvalue weighted by molar-refractivity contribution is 7.99. The molecule has 3 atom stereocenters. The van der Waals surface area contributed by atoms with E-state index in [1.165, 1.54) is 16.1 Å². The lowest BCUT2D eigenvalue weighted by molar-refractivity contribution is -0.113. The summed E-state index contributed by atoms with van der Waals surface area (Å²) < 4.78 is 41.4. The van der Waals surface area contributed by atoms with E-state index in [0.717, 1.165) is 19.3 Å². The second-order valence-corrected chi connectivity index (χ2v) is 16.4. The predicted molar refractivity (Wildman–Crippen MR) is 186 cm³/mol. The fraction of sp³-hybridized carbons (Fsp3) is 0.543. The van der Waals surface area contributed by atoms with Crippen molar-refractivity contribution in [3.05, 3.63) is 54.1 Å². The van der Waals surface area contributed by atoms with E-state index in [9.17, 15) is 18.0 Å². The van der Waals surface area contributed by atoms with Gasteiger partial charge in [-0.25, -0.2) is 13.2 Å². The third-order valence-electron chi connectivity index (χ3n) is 8.94. The van der Waals surface area contributed by atoms with Gasteiger partial charge in [0.2, 0.25) is 15.9 Å². The van der Waals surface area contributed by atoms with Crippen molar-refractivity contribution in [1.82, 2.24) is 19.1 Å². The van der Waals surface area contributed by atoms with Crippen LogP contribution in [0.25, 0.3) is 11.4 Å². The summed E-state index contributed by atoms with van der Waals surface area (Å²) in [4.78, 5) is 26.8. The zero-order valence-electron chi connectivity index (χ0n) is 28.4. The molecule has 2 fully saturated rings. The van der Waals surface area contributed by atoms with Gasteiger partial charge in [0.15, 0.2) is 11.0 Å². The molecule has 11 nitrogen and oxygen atoms in total. The standard InChI is InChI=1S/C35H47N5O6S2/c1-23(2)21-40-33(26-9-8-10-27(20-26)48(43,44)39-15-17-45-18-16-39)37-38-35(40)47-22-32(41)36-30-12-7-6-11-29(30)34(42)46-31-19-25(5)13-14-28(31)24(3)4/h6-12,20,23-25,28,31H,13-19,21-22H2,1-5H3,(H,36,41)/t25-,28-,31+/m1/s1. The second kappa shape index (κ2) is 16.0. The van der Waals surface area contributed by atoms with E-state index in [1.807, 2.05) is 10.6 Å². The molecule has 1 saturated carbocycles. The van der Waals surface area contributed by atoms with Crippen LogP contribution in [-0.2, 0) is 30.8 Å². The van der Waals surface area contributed by atoms with Crippen molar-refractivity contribution in [1.29, 1.82) is 0 Å². The summed E-state index contributed by atoms with van der Waals surface area (Å²) in [6.45, 7) is 12.6. The van der Waals surface area contributed by atoms with Gasteiger partial charge in [0.1, 0.15) is 6.10 Å². The molecule has 13 heteroatoms. The highest BCUT2D eigenvalue weighted by atomic mass is 32.2. The van der Waals surface area contributed by atoms with Crippen LogP contribution in [0.1, 0.15) is 64.2 Å². The number of nitrogens with zero attached hydrogens (tertiary/aromatic N) is 4. The van der Waals surface area contributed by atoms with Gasteiger partial charge >= 0.3 is 5.97 Å². The minimum absolute atomic E-state index is 0.0284. The molecular weight excluding hydrogens is 651 g/mol. The Morgan fingerprint density at radius 3 is 2.52 bits per heavy atom. The molecule has 1 aromatic heterocycles. The Hall–Kier alpha value is -3.26. The molecule has 1 saturated heterocycles. The van der Waals surface area contributed by atoms with Gasteiger partial charge in [0.25, 0.3) is 0 Å². The number of thioether (sulfide) groups is 1. The van der Waals surface area contributed by atoms with Crippen molar-refractivity contribution in [2.24, 2.45) is 23.7 Å². The van der Waals surface area contributed by atoms with E-state index in [4.69, 9.17) is 9.47 Å². The maximum Gasteiger partial charge on any atom is 0.340 e. The number of anilines is 1. The molecule has 260 valence electrons.